The molecule has 0 spiro atoms. The number of ether oxygens (including phenoxy) is 1. The summed E-state index contributed by atoms with van der Waals surface area (Å²) in [4.78, 5) is 24.1. The van der Waals surface area contributed by atoms with E-state index >= 15 is 0 Å². The molecule has 1 amide bonds. The number of hydrogen-bond acceptors (Lipinski definition) is 3. The normalized spacial score (nSPS) is 21.2. The van der Waals surface area contributed by atoms with Gasteiger partial charge in [0.15, 0.2) is 0 Å². The van der Waals surface area contributed by atoms with E-state index in [4.69, 9.17) is 9.84 Å². The molecule has 0 radical (unpaired) electrons. The van der Waals surface area contributed by atoms with E-state index in [-0.39, 0.29) is 11.8 Å². The predicted molar refractivity (Wildman–Crippen MR) is 90.1 cm³/mol. The number of carbonyl (C=O) groups excluding carboxylic acids is 1. The van der Waals surface area contributed by atoms with E-state index in [1.807, 2.05) is 12.1 Å². The molecule has 0 aromatic heterocycles. The van der Waals surface area contributed by atoms with E-state index < -0.39 is 12.4 Å². The molecule has 5 heteroatoms. The largest absolute Gasteiger partial charge is 0.493 e. The number of carboxylic acids is 1. The highest BCUT2D eigenvalue weighted by molar-refractivity contribution is 5.93. The van der Waals surface area contributed by atoms with Crippen LogP contribution in [0.2, 0.25) is 0 Å². The second kappa shape index (κ2) is 7.69. The fourth-order valence-electron chi connectivity index (χ4n) is 3.83. The number of amides is 1. The van der Waals surface area contributed by atoms with Crippen molar-refractivity contribution in [1.82, 2.24) is 4.90 Å². The topological polar surface area (TPSA) is 66.8 Å². The molecular formula is C19H25NO4. The molecule has 1 saturated carbocycles. The van der Waals surface area contributed by atoms with Crippen molar-refractivity contribution in [2.45, 2.75) is 44.4 Å². The van der Waals surface area contributed by atoms with Gasteiger partial charge in [0.2, 0.25) is 5.91 Å². The van der Waals surface area contributed by atoms with E-state index in [9.17, 15) is 9.59 Å². The maximum Gasteiger partial charge on any atom is 0.312 e. The Balaban J connectivity index is 1.53. The summed E-state index contributed by atoms with van der Waals surface area (Å²) < 4.78 is 6.09. The van der Waals surface area contributed by atoms with Gasteiger partial charge in [-0.25, -0.2) is 0 Å². The molecule has 2 aliphatic rings. The van der Waals surface area contributed by atoms with E-state index in [2.05, 4.69) is 12.1 Å². The minimum absolute atomic E-state index is 0.277. The van der Waals surface area contributed by atoms with Crippen LogP contribution in [-0.4, -0.2) is 41.6 Å². The van der Waals surface area contributed by atoms with E-state index in [1.165, 1.54) is 31.2 Å². The lowest BCUT2D eigenvalue weighted by Gasteiger charge is -2.19. The third-order valence-corrected chi connectivity index (χ3v) is 5.13. The quantitative estimate of drug-likeness (QED) is 0.814. The molecule has 24 heavy (non-hydrogen) atoms. The molecule has 0 unspecified atom stereocenters. The molecule has 3 rings (SSSR count). The lowest BCUT2D eigenvalue weighted by Crippen LogP contribution is -2.31. The highest BCUT2D eigenvalue weighted by atomic mass is 16.5. The highest BCUT2D eigenvalue weighted by Gasteiger charge is 2.28. The summed E-state index contributed by atoms with van der Waals surface area (Å²) in [6, 6.07) is 8.28. The monoisotopic (exact) mass is 331 g/mol. The Bertz CT molecular complexity index is 595. The van der Waals surface area contributed by atoms with Crippen LogP contribution >= 0.6 is 0 Å². The molecule has 1 saturated heterocycles. The third kappa shape index (κ3) is 4.08. The van der Waals surface area contributed by atoms with Crippen molar-refractivity contribution in [3.05, 3.63) is 29.8 Å². The molecule has 1 heterocycles. The van der Waals surface area contributed by atoms with Gasteiger partial charge in [0.1, 0.15) is 12.2 Å². The number of para-hydroxylation sites is 1. The second-order valence-electron chi connectivity index (χ2n) is 6.90. The number of carboxylic acid groups (broad SMARTS) is 1. The summed E-state index contributed by atoms with van der Waals surface area (Å²) >= 11 is 0. The summed E-state index contributed by atoms with van der Waals surface area (Å²) in [7, 11) is 0. The zero-order valence-electron chi connectivity index (χ0n) is 13.9. The van der Waals surface area contributed by atoms with Crippen LogP contribution in [0.5, 0.6) is 5.75 Å². The average Bonchev–Trinajstić information content (AvgIpc) is 3.24. The Kier molecular flexibility index (Phi) is 5.38. The molecule has 1 aliphatic carbocycles. The van der Waals surface area contributed by atoms with Crippen LogP contribution in [0.15, 0.2) is 24.3 Å². The SMILES string of the molecule is O=C(O)CC(=O)N1CC[C@H](COc2ccccc2C2CCCC2)C1. The van der Waals surface area contributed by atoms with Crippen LogP contribution in [-0.2, 0) is 9.59 Å². The first-order valence-corrected chi connectivity index (χ1v) is 8.85. The van der Waals surface area contributed by atoms with Gasteiger partial charge in [-0.2, -0.15) is 0 Å². The summed E-state index contributed by atoms with van der Waals surface area (Å²) in [5, 5.41) is 8.72. The fourth-order valence-corrected chi connectivity index (χ4v) is 3.83. The van der Waals surface area contributed by atoms with Crippen LogP contribution in [0.4, 0.5) is 0 Å². The summed E-state index contributed by atoms with van der Waals surface area (Å²) in [6.45, 7) is 1.81. The molecule has 1 atom stereocenters. The van der Waals surface area contributed by atoms with Crippen LogP contribution in [0.3, 0.4) is 0 Å². The predicted octanol–water partition coefficient (Wildman–Crippen LogP) is 3.05. The molecule has 1 aromatic rings. The standard InChI is InChI=1S/C19H25NO4/c21-18(11-19(22)23)20-10-9-14(12-20)13-24-17-8-4-3-7-16(17)15-5-1-2-6-15/h3-4,7-8,14-15H,1-2,5-6,9-13H2,(H,22,23)/t14-/m0/s1. The van der Waals surface area contributed by atoms with Gasteiger partial charge in [0, 0.05) is 19.0 Å². The number of hydrogen-bond donors (Lipinski definition) is 1. The number of benzene rings is 1. The zero-order valence-corrected chi connectivity index (χ0v) is 13.9. The van der Waals surface area contributed by atoms with Crippen LogP contribution in [0.25, 0.3) is 0 Å². The van der Waals surface area contributed by atoms with Gasteiger partial charge in [-0.3, -0.25) is 9.59 Å². The second-order valence-corrected chi connectivity index (χ2v) is 6.90. The summed E-state index contributed by atoms with van der Waals surface area (Å²) in [6.07, 6.45) is 5.52. The van der Waals surface area contributed by atoms with Gasteiger partial charge in [-0.05, 0) is 36.8 Å². The van der Waals surface area contributed by atoms with E-state index in [1.54, 1.807) is 4.90 Å². The Morgan fingerprint density at radius 3 is 2.67 bits per heavy atom. The van der Waals surface area contributed by atoms with Crippen LogP contribution in [0, 0.1) is 5.92 Å². The number of carbonyl (C=O) groups is 2. The van der Waals surface area contributed by atoms with Crippen molar-refractivity contribution < 1.29 is 19.4 Å². The fraction of sp³-hybridized carbons (Fsp3) is 0.579. The number of likely N-dealkylation sites (tertiary alicyclic amines) is 1. The lowest BCUT2D eigenvalue weighted by molar-refractivity contribution is -0.143. The van der Waals surface area contributed by atoms with Gasteiger partial charge in [0.25, 0.3) is 0 Å². The maximum absolute atomic E-state index is 11.8. The van der Waals surface area contributed by atoms with Crippen LogP contribution < -0.4 is 4.74 Å². The van der Waals surface area contributed by atoms with Gasteiger partial charge >= 0.3 is 5.97 Å². The molecule has 5 nitrogen and oxygen atoms in total. The Hall–Kier alpha value is -2.04. The number of nitrogens with zero attached hydrogens (tertiary/aromatic N) is 1. The van der Waals surface area contributed by atoms with E-state index in [0.29, 0.717) is 25.6 Å². The van der Waals surface area contributed by atoms with Gasteiger partial charge in [0.05, 0.1) is 6.61 Å². The lowest BCUT2D eigenvalue weighted by atomic mass is 9.97. The molecule has 0 bridgehead atoms. The maximum atomic E-state index is 11.8. The minimum atomic E-state index is -1.06. The molecular weight excluding hydrogens is 306 g/mol. The summed E-state index contributed by atoms with van der Waals surface area (Å²) in [5.74, 6) is 0.499. The number of rotatable bonds is 6. The smallest absolute Gasteiger partial charge is 0.312 e. The zero-order chi connectivity index (χ0) is 16.9. The van der Waals surface area contributed by atoms with Crippen molar-refractivity contribution >= 4 is 11.9 Å². The van der Waals surface area contributed by atoms with Crippen molar-refractivity contribution in [2.75, 3.05) is 19.7 Å². The van der Waals surface area contributed by atoms with Gasteiger partial charge in [-0.15, -0.1) is 0 Å². The summed E-state index contributed by atoms with van der Waals surface area (Å²) in [5.41, 5.74) is 1.31. The minimum Gasteiger partial charge on any atom is -0.493 e. The van der Waals surface area contributed by atoms with Gasteiger partial charge < -0.3 is 14.7 Å². The van der Waals surface area contributed by atoms with Crippen molar-refractivity contribution in [3.8, 4) is 5.75 Å². The average molecular weight is 331 g/mol. The Morgan fingerprint density at radius 2 is 1.92 bits per heavy atom. The molecule has 1 N–H and O–H groups in total. The van der Waals surface area contributed by atoms with E-state index in [0.717, 1.165) is 12.2 Å². The number of aliphatic carboxylic acids is 1. The Morgan fingerprint density at radius 1 is 1.17 bits per heavy atom. The first kappa shape index (κ1) is 16.8. The highest BCUT2D eigenvalue weighted by Crippen LogP contribution is 2.38. The Labute approximate surface area is 142 Å². The molecule has 1 aliphatic heterocycles. The van der Waals surface area contributed by atoms with Crippen molar-refractivity contribution in [3.63, 3.8) is 0 Å². The third-order valence-electron chi connectivity index (χ3n) is 5.13. The molecule has 2 fully saturated rings. The first-order valence-electron chi connectivity index (χ1n) is 8.85. The molecule has 130 valence electrons. The van der Waals surface area contributed by atoms with Crippen LogP contribution in [0.1, 0.15) is 50.0 Å². The van der Waals surface area contributed by atoms with Crippen molar-refractivity contribution in [1.29, 1.82) is 0 Å². The van der Waals surface area contributed by atoms with Crippen molar-refractivity contribution in [2.24, 2.45) is 5.92 Å². The molecule has 1 aromatic carbocycles. The van der Waals surface area contributed by atoms with Gasteiger partial charge in [-0.1, -0.05) is 31.0 Å². The first-order chi connectivity index (χ1) is 11.6.